The molecule has 21 heavy (non-hydrogen) atoms. The van der Waals surface area contributed by atoms with Crippen molar-refractivity contribution >= 4 is 17.4 Å². The number of thioether (sulfide) groups is 1. The number of rotatable bonds is 4. The summed E-state index contributed by atoms with van der Waals surface area (Å²) < 4.78 is 5.30. The number of nitrogens with zero attached hydrogens (tertiary/aromatic N) is 1. The van der Waals surface area contributed by atoms with Crippen LogP contribution in [0.5, 0.6) is 0 Å². The van der Waals surface area contributed by atoms with E-state index in [-0.39, 0.29) is 10.6 Å². The Morgan fingerprint density at radius 1 is 1.19 bits per heavy atom. The van der Waals surface area contributed by atoms with E-state index in [0.717, 1.165) is 11.8 Å². The van der Waals surface area contributed by atoms with E-state index in [1.165, 1.54) is 18.2 Å². The van der Waals surface area contributed by atoms with Crippen LogP contribution >= 0.6 is 11.8 Å². The molecule has 0 unspecified atom stereocenters. The van der Waals surface area contributed by atoms with Crippen LogP contribution in [0.4, 0.5) is 5.69 Å². The van der Waals surface area contributed by atoms with Gasteiger partial charge in [0.05, 0.1) is 16.4 Å². The third-order valence-corrected chi connectivity index (χ3v) is 4.37. The highest BCUT2D eigenvalue weighted by Crippen LogP contribution is 2.37. The molecule has 0 aromatic heterocycles. The summed E-state index contributed by atoms with van der Waals surface area (Å²) in [4.78, 5) is 10.6. The minimum atomic E-state index is -1.50. The molecule has 1 aromatic carbocycles. The molecule has 116 valence electrons. The lowest BCUT2D eigenvalue weighted by Gasteiger charge is -2.39. The summed E-state index contributed by atoms with van der Waals surface area (Å²) in [5.41, 5.74) is -1.19. The first-order valence-electron chi connectivity index (χ1n) is 6.16. The maximum absolute atomic E-state index is 10.9. The van der Waals surface area contributed by atoms with Crippen LogP contribution in [0, 0.1) is 10.1 Å². The lowest BCUT2D eigenvalue weighted by atomic mass is 10.0. The minimum Gasteiger partial charge on any atom is -0.394 e. The van der Waals surface area contributed by atoms with E-state index >= 15 is 0 Å². The number of hydrogen-bond donors (Lipinski definition) is 4. The third kappa shape index (κ3) is 3.34. The second-order valence-electron chi connectivity index (χ2n) is 4.54. The molecule has 0 radical (unpaired) electrons. The first kappa shape index (κ1) is 16.1. The maximum Gasteiger partial charge on any atom is 0.282 e. The number of nitro benzene ring substituents is 1. The molecule has 0 bridgehead atoms. The Balaban J connectivity index is 2.20. The predicted octanol–water partition coefficient (Wildman–Crippen LogP) is -0.513. The average Bonchev–Trinajstić information content (AvgIpc) is 2.48. The van der Waals surface area contributed by atoms with Gasteiger partial charge in [0, 0.05) is 6.07 Å². The first-order valence-corrected chi connectivity index (χ1v) is 7.04. The van der Waals surface area contributed by atoms with Gasteiger partial charge in [-0.25, -0.2) is 0 Å². The van der Waals surface area contributed by atoms with Gasteiger partial charge in [-0.1, -0.05) is 23.9 Å². The number of aliphatic hydroxyl groups is 4. The zero-order chi connectivity index (χ0) is 15.6. The lowest BCUT2D eigenvalue weighted by molar-refractivity contribution is -0.387. The molecule has 1 heterocycles. The largest absolute Gasteiger partial charge is 0.394 e. The molecular weight excluding hydrogens is 302 g/mol. The van der Waals surface area contributed by atoms with Gasteiger partial charge in [0.15, 0.2) is 0 Å². The van der Waals surface area contributed by atoms with Gasteiger partial charge in [-0.3, -0.25) is 10.1 Å². The molecule has 1 aliphatic heterocycles. The van der Waals surface area contributed by atoms with E-state index < -0.39 is 41.4 Å². The second kappa shape index (κ2) is 6.69. The first-order chi connectivity index (χ1) is 9.95. The summed E-state index contributed by atoms with van der Waals surface area (Å²) in [5.74, 6) is 0. The van der Waals surface area contributed by atoms with E-state index in [1.54, 1.807) is 6.07 Å². The second-order valence-corrected chi connectivity index (χ2v) is 5.68. The molecular formula is C12H15NO7S. The minimum absolute atomic E-state index is 0.153. The van der Waals surface area contributed by atoms with Gasteiger partial charge < -0.3 is 25.2 Å². The lowest BCUT2D eigenvalue weighted by Crippen LogP contribution is -2.57. The summed E-state index contributed by atoms with van der Waals surface area (Å²) in [7, 11) is 0. The molecule has 1 aliphatic rings. The molecule has 1 aromatic rings. The van der Waals surface area contributed by atoms with Gasteiger partial charge >= 0.3 is 0 Å². The summed E-state index contributed by atoms with van der Waals surface area (Å²) in [6.07, 6.45) is -5.43. The van der Waals surface area contributed by atoms with Gasteiger partial charge in [-0.2, -0.15) is 0 Å². The van der Waals surface area contributed by atoms with Crippen molar-refractivity contribution in [2.75, 3.05) is 6.61 Å². The van der Waals surface area contributed by atoms with Crippen LogP contribution in [0.3, 0.4) is 0 Å². The predicted molar refractivity (Wildman–Crippen MR) is 72.7 cm³/mol. The van der Waals surface area contributed by atoms with Crippen LogP contribution < -0.4 is 0 Å². The van der Waals surface area contributed by atoms with E-state index in [0.29, 0.717) is 0 Å². The maximum atomic E-state index is 10.9. The average molecular weight is 317 g/mol. The van der Waals surface area contributed by atoms with Crippen molar-refractivity contribution in [2.24, 2.45) is 0 Å². The number of para-hydroxylation sites is 1. The number of benzene rings is 1. The standard InChI is InChI=1S/C12H15NO7S/c14-5-7-9(15)10(16)11(17)12(20-7)21-8-4-2-1-3-6(8)13(18)19/h1-4,7,9-12,14-17H,5H2/t7-,9+,10+,11-,12-/m1/s1. The Bertz CT molecular complexity index is 512. The molecule has 0 spiro atoms. The van der Waals surface area contributed by atoms with E-state index in [9.17, 15) is 25.4 Å². The molecule has 4 N–H and O–H groups in total. The quantitative estimate of drug-likeness (QED) is 0.431. The summed E-state index contributed by atoms with van der Waals surface area (Å²) in [5, 5.41) is 49.3. The monoisotopic (exact) mass is 317 g/mol. The Labute approximate surface area is 124 Å². The van der Waals surface area contributed by atoms with Crippen LogP contribution in [-0.4, -0.2) is 61.8 Å². The highest BCUT2D eigenvalue weighted by Gasteiger charge is 2.44. The fraction of sp³-hybridized carbons (Fsp3) is 0.500. The zero-order valence-electron chi connectivity index (χ0n) is 10.8. The molecule has 2 rings (SSSR count). The van der Waals surface area contributed by atoms with E-state index in [1.807, 2.05) is 0 Å². The molecule has 8 nitrogen and oxygen atoms in total. The van der Waals surface area contributed by atoms with Crippen molar-refractivity contribution in [3.63, 3.8) is 0 Å². The smallest absolute Gasteiger partial charge is 0.282 e. The van der Waals surface area contributed by atoms with Crippen molar-refractivity contribution in [2.45, 2.75) is 34.7 Å². The van der Waals surface area contributed by atoms with Crippen molar-refractivity contribution in [1.82, 2.24) is 0 Å². The van der Waals surface area contributed by atoms with Crippen molar-refractivity contribution in [1.29, 1.82) is 0 Å². The summed E-state index contributed by atoms with van der Waals surface area (Å²) in [6, 6.07) is 5.91. The zero-order valence-corrected chi connectivity index (χ0v) is 11.6. The fourth-order valence-electron chi connectivity index (χ4n) is 2.00. The topological polar surface area (TPSA) is 133 Å². The molecule has 0 aliphatic carbocycles. The third-order valence-electron chi connectivity index (χ3n) is 3.15. The van der Waals surface area contributed by atoms with Crippen LogP contribution in [0.15, 0.2) is 29.2 Å². The van der Waals surface area contributed by atoms with Crippen molar-refractivity contribution < 1.29 is 30.1 Å². The normalized spacial score (nSPS) is 32.9. The molecule has 0 amide bonds. The molecule has 5 atom stereocenters. The molecule has 9 heteroatoms. The highest BCUT2D eigenvalue weighted by atomic mass is 32.2. The SMILES string of the molecule is O=[N+]([O-])c1ccccc1S[C@H]1O[C@H](CO)[C@H](O)[C@H](O)[C@H]1O. The van der Waals surface area contributed by atoms with Crippen LogP contribution in [0.25, 0.3) is 0 Å². The van der Waals surface area contributed by atoms with Gasteiger partial charge in [-0.05, 0) is 6.07 Å². The van der Waals surface area contributed by atoms with Crippen LogP contribution in [-0.2, 0) is 4.74 Å². The Morgan fingerprint density at radius 2 is 1.86 bits per heavy atom. The number of hydrogen-bond acceptors (Lipinski definition) is 8. The van der Waals surface area contributed by atoms with Crippen LogP contribution in [0.1, 0.15) is 0 Å². The van der Waals surface area contributed by atoms with Crippen molar-refractivity contribution in [3.8, 4) is 0 Å². The van der Waals surface area contributed by atoms with Crippen LogP contribution in [0.2, 0.25) is 0 Å². The highest BCUT2D eigenvalue weighted by molar-refractivity contribution is 8.00. The Hall–Kier alpha value is -1.23. The Morgan fingerprint density at radius 3 is 2.48 bits per heavy atom. The van der Waals surface area contributed by atoms with E-state index in [2.05, 4.69) is 0 Å². The fourth-order valence-corrected chi connectivity index (χ4v) is 3.17. The summed E-state index contributed by atoms with van der Waals surface area (Å²) in [6.45, 7) is -0.543. The van der Waals surface area contributed by atoms with Gasteiger partial charge in [0.2, 0.25) is 0 Å². The summed E-state index contributed by atoms with van der Waals surface area (Å²) >= 11 is 0.856. The number of nitro groups is 1. The van der Waals surface area contributed by atoms with E-state index in [4.69, 9.17) is 9.84 Å². The molecule has 1 saturated heterocycles. The van der Waals surface area contributed by atoms with Gasteiger partial charge in [-0.15, -0.1) is 0 Å². The Kier molecular flexibility index (Phi) is 5.14. The van der Waals surface area contributed by atoms with Crippen molar-refractivity contribution in [3.05, 3.63) is 34.4 Å². The van der Waals surface area contributed by atoms with Gasteiger partial charge in [0.25, 0.3) is 5.69 Å². The van der Waals surface area contributed by atoms with Gasteiger partial charge in [0.1, 0.15) is 29.9 Å². The number of ether oxygens (including phenoxy) is 1. The number of aliphatic hydroxyl groups excluding tert-OH is 4. The molecule has 0 saturated carbocycles. The molecule has 1 fully saturated rings.